The van der Waals surface area contributed by atoms with E-state index in [2.05, 4.69) is 16.9 Å². The predicted molar refractivity (Wildman–Crippen MR) is 75.1 cm³/mol. The third-order valence-corrected chi connectivity index (χ3v) is 4.30. The molecular weight excluding hydrogens is 276 g/mol. The molecule has 0 bridgehead atoms. The summed E-state index contributed by atoms with van der Waals surface area (Å²) in [5, 5.41) is 10.1. The number of hydrogen-bond acceptors (Lipinski definition) is 5. The van der Waals surface area contributed by atoms with Gasteiger partial charge < -0.3 is 10.5 Å². The number of nitrogens with one attached hydrogen (secondary N) is 2. The lowest BCUT2D eigenvalue weighted by atomic mass is 9.76. The number of nitrogens with zero attached hydrogens (tertiary/aromatic N) is 1. The number of allylic oxidation sites excluding steroid dienone is 1. The van der Waals surface area contributed by atoms with E-state index >= 15 is 0 Å². The van der Waals surface area contributed by atoms with Gasteiger partial charge in [-0.1, -0.05) is 29.8 Å². The van der Waals surface area contributed by atoms with Crippen molar-refractivity contribution in [1.29, 1.82) is 5.26 Å². The Labute approximate surface area is 122 Å². The maximum Gasteiger partial charge on any atom is 0.200 e. The number of fused-ring (bicyclic) bond motifs is 1. The highest BCUT2D eigenvalue weighted by atomic mass is 35.5. The second-order valence-corrected chi connectivity index (χ2v) is 5.49. The van der Waals surface area contributed by atoms with E-state index in [0.29, 0.717) is 10.6 Å². The molecule has 2 aliphatic heterocycles. The second-order valence-electron chi connectivity index (χ2n) is 5.08. The van der Waals surface area contributed by atoms with Gasteiger partial charge >= 0.3 is 0 Å². The molecule has 4 N–H and O–H groups in total. The molecule has 6 heteroatoms. The largest absolute Gasteiger partial charge is 0.458 e. The van der Waals surface area contributed by atoms with Crippen LogP contribution in [-0.4, -0.2) is 12.3 Å². The SMILES string of the molecule is CC1NNC2OC(N)=C(C#N)C(c3ccccc3Cl)C12. The molecule has 1 fully saturated rings. The number of hydrazine groups is 1. The summed E-state index contributed by atoms with van der Waals surface area (Å²) in [6, 6.07) is 9.86. The molecule has 4 unspecified atom stereocenters. The minimum Gasteiger partial charge on any atom is -0.458 e. The molecule has 1 saturated heterocycles. The van der Waals surface area contributed by atoms with Crippen molar-refractivity contribution in [2.75, 3.05) is 0 Å². The van der Waals surface area contributed by atoms with Crippen LogP contribution in [-0.2, 0) is 4.74 Å². The molecule has 3 rings (SSSR count). The lowest BCUT2D eigenvalue weighted by Gasteiger charge is -2.35. The Morgan fingerprint density at radius 1 is 1.35 bits per heavy atom. The van der Waals surface area contributed by atoms with Crippen LogP contribution >= 0.6 is 11.6 Å². The van der Waals surface area contributed by atoms with Gasteiger partial charge in [-0.25, -0.2) is 5.43 Å². The zero-order valence-electron chi connectivity index (χ0n) is 10.9. The lowest BCUT2D eigenvalue weighted by Crippen LogP contribution is -2.41. The molecule has 0 saturated carbocycles. The lowest BCUT2D eigenvalue weighted by molar-refractivity contribution is 0.0351. The maximum absolute atomic E-state index is 9.44. The number of hydrogen-bond donors (Lipinski definition) is 3. The Morgan fingerprint density at radius 2 is 2.10 bits per heavy atom. The van der Waals surface area contributed by atoms with Crippen LogP contribution in [0.25, 0.3) is 0 Å². The van der Waals surface area contributed by atoms with Crippen molar-refractivity contribution in [3.8, 4) is 6.07 Å². The van der Waals surface area contributed by atoms with Gasteiger partial charge in [0.25, 0.3) is 0 Å². The molecule has 5 nitrogen and oxygen atoms in total. The summed E-state index contributed by atoms with van der Waals surface area (Å²) in [6.07, 6.45) is -0.261. The summed E-state index contributed by atoms with van der Waals surface area (Å²) in [6.45, 7) is 2.04. The molecule has 0 spiro atoms. The van der Waals surface area contributed by atoms with Crippen molar-refractivity contribution < 1.29 is 4.74 Å². The Bertz CT molecular complexity index is 609. The molecule has 4 atom stereocenters. The summed E-state index contributed by atoms with van der Waals surface area (Å²) in [7, 11) is 0. The summed E-state index contributed by atoms with van der Waals surface area (Å²) < 4.78 is 5.59. The normalized spacial score (nSPS) is 32.5. The molecule has 0 aliphatic carbocycles. The van der Waals surface area contributed by atoms with Crippen LogP contribution in [0.1, 0.15) is 18.4 Å². The third kappa shape index (κ3) is 1.93. The van der Waals surface area contributed by atoms with Crippen molar-refractivity contribution in [2.24, 2.45) is 11.7 Å². The molecule has 2 heterocycles. The van der Waals surface area contributed by atoms with Crippen LogP contribution in [0.5, 0.6) is 0 Å². The van der Waals surface area contributed by atoms with Crippen molar-refractivity contribution >= 4 is 11.6 Å². The van der Waals surface area contributed by atoms with Crippen LogP contribution < -0.4 is 16.6 Å². The van der Waals surface area contributed by atoms with Crippen molar-refractivity contribution in [1.82, 2.24) is 10.9 Å². The first kappa shape index (κ1) is 13.3. The highest BCUT2D eigenvalue weighted by Gasteiger charge is 2.47. The fraction of sp³-hybridized carbons (Fsp3) is 0.357. The van der Waals surface area contributed by atoms with E-state index in [1.165, 1.54) is 0 Å². The van der Waals surface area contributed by atoms with Crippen molar-refractivity contribution in [3.05, 3.63) is 46.3 Å². The molecule has 0 radical (unpaired) electrons. The standard InChI is InChI=1S/C14H15ClN4O/c1-7-11-12(8-4-2-3-5-10(8)15)9(6-16)13(17)20-14(11)19-18-7/h2-5,7,11-12,14,18-19H,17H2,1H3. The molecule has 1 aromatic rings. The Balaban J connectivity index is 2.15. The van der Waals surface area contributed by atoms with E-state index in [1.54, 1.807) is 0 Å². The number of halogens is 1. The summed E-state index contributed by atoms with van der Waals surface area (Å²) in [4.78, 5) is 0. The van der Waals surface area contributed by atoms with Crippen LogP contribution in [0.15, 0.2) is 35.7 Å². The second kappa shape index (κ2) is 4.98. The zero-order chi connectivity index (χ0) is 14.3. The first-order valence-electron chi connectivity index (χ1n) is 6.45. The van der Waals surface area contributed by atoms with Crippen LogP contribution in [0, 0.1) is 17.2 Å². The van der Waals surface area contributed by atoms with E-state index in [4.69, 9.17) is 22.1 Å². The van der Waals surface area contributed by atoms with Gasteiger partial charge in [-0.2, -0.15) is 5.26 Å². The molecule has 104 valence electrons. The monoisotopic (exact) mass is 290 g/mol. The smallest absolute Gasteiger partial charge is 0.200 e. The molecule has 2 aliphatic rings. The highest BCUT2D eigenvalue weighted by Crippen LogP contribution is 2.44. The topological polar surface area (TPSA) is 83.1 Å². The quantitative estimate of drug-likeness (QED) is 0.731. The predicted octanol–water partition coefficient (Wildman–Crippen LogP) is 1.59. The van der Waals surface area contributed by atoms with E-state index in [-0.39, 0.29) is 30.0 Å². The van der Waals surface area contributed by atoms with E-state index in [9.17, 15) is 5.26 Å². The highest BCUT2D eigenvalue weighted by molar-refractivity contribution is 6.31. The number of ether oxygens (including phenoxy) is 1. The van der Waals surface area contributed by atoms with Gasteiger partial charge in [-0.3, -0.25) is 5.43 Å². The number of nitriles is 1. The minimum absolute atomic E-state index is 0.0526. The molecule has 0 aromatic heterocycles. The van der Waals surface area contributed by atoms with E-state index in [0.717, 1.165) is 5.56 Å². The van der Waals surface area contributed by atoms with Gasteiger partial charge in [0, 0.05) is 22.9 Å². The van der Waals surface area contributed by atoms with Gasteiger partial charge in [0.2, 0.25) is 5.88 Å². The number of benzene rings is 1. The van der Waals surface area contributed by atoms with Crippen molar-refractivity contribution in [3.63, 3.8) is 0 Å². The average molecular weight is 291 g/mol. The Hall–Kier alpha value is -1.74. The summed E-state index contributed by atoms with van der Waals surface area (Å²) in [5.41, 5.74) is 13.4. The first-order chi connectivity index (χ1) is 9.63. The summed E-state index contributed by atoms with van der Waals surface area (Å²) in [5.74, 6) is 0.0452. The fourth-order valence-corrected chi connectivity index (χ4v) is 3.25. The zero-order valence-corrected chi connectivity index (χ0v) is 11.7. The van der Waals surface area contributed by atoms with E-state index < -0.39 is 0 Å². The molecular formula is C14H15ClN4O. The third-order valence-electron chi connectivity index (χ3n) is 3.96. The Morgan fingerprint density at radius 3 is 2.80 bits per heavy atom. The first-order valence-corrected chi connectivity index (χ1v) is 6.83. The summed E-state index contributed by atoms with van der Waals surface area (Å²) >= 11 is 6.31. The van der Waals surface area contributed by atoms with Gasteiger partial charge in [0.15, 0.2) is 6.23 Å². The fourth-order valence-electron chi connectivity index (χ4n) is 3.00. The van der Waals surface area contributed by atoms with Gasteiger partial charge in [-0.05, 0) is 18.6 Å². The van der Waals surface area contributed by atoms with Gasteiger partial charge in [0.1, 0.15) is 6.07 Å². The van der Waals surface area contributed by atoms with Gasteiger partial charge in [0.05, 0.1) is 5.57 Å². The average Bonchev–Trinajstić information content (AvgIpc) is 2.79. The minimum atomic E-state index is -0.261. The molecule has 20 heavy (non-hydrogen) atoms. The number of nitrogens with two attached hydrogens (primary N) is 1. The van der Waals surface area contributed by atoms with E-state index in [1.807, 2.05) is 31.2 Å². The van der Waals surface area contributed by atoms with Crippen molar-refractivity contribution in [2.45, 2.75) is 25.1 Å². The van der Waals surface area contributed by atoms with Crippen LogP contribution in [0.2, 0.25) is 5.02 Å². The van der Waals surface area contributed by atoms with Crippen LogP contribution in [0.3, 0.4) is 0 Å². The molecule has 0 amide bonds. The van der Waals surface area contributed by atoms with Gasteiger partial charge in [-0.15, -0.1) is 0 Å². The maximum atomic E-state index is 9.44. The van der Waals surface area contributed by atoms with Crippen LogP contribution in [0.4, 0.5) is 0 Å². The molecule has 1 aromatic carbocycles. The number of rotatable bonds is 1. The Kier molecular flexibility index (Phi) is 3.30.